The van der Waals surface area contributed by atoms with Crippen LogP contribution < -0.4 is 0 Å². The van der Waals surface area contributed by atoms with Crippen molar-refractivity contribution < 1.29 is 0 Å². The average molecular weight is 748 g/mol. The minimum absolute atomic E-state index is 0.409. The second-order valence-electron chi connectivity index (χ2n) is 15.8. The molecule has 2 aliphatic carbocycles. The normalized spacial score (nSPS) is 13.2. The van der Waals surface area contributed by atoms with E-state index in [9.17, 15) is 0 Å². The zero-order valence-electron chi connectivity index (χ0n) is 31.9. The van der Waals surface area contributed by atoms with Crippen molar-refractivity contribution in [2.24, 2.45) is 0 Å². The van der Waals surface area contributed by atoms with Crippen molar-refractivity contribution in [3.63, 3.8) is 0 Å². The minimum atomic E-state index is -0.409. The summed E-state index contributed by atoms with van der Waals surface area (Å²) >= 11 is 0. The predicted molar refractivity (Wildman–Crippen MR) is 242 cm³/mol. The quantitative estimate of drug-likeness (QED) is 0.169. The van der Waals surface area contributed by atoms with Crippen LogP contribution in [0.15, 0.2) is 200 Å². The van der Waals surface area contributed by atoms with Crippen LogP contribution in [0.2, 0.25) is 0 Å². The van der Waals surface area contributed by atoms with Crippen LogP contribution >= 0.6 is 0 Å². The van der Waals surface area contributed by atoms with Crippen LogP contribution in [0.3, 0.4) is 0 Å². The van der Waals surface area contributed by atoms with Crippen molar-refractivity contribution >= 4 is 43.1 Å². The summed E-state index contributed by atoms with van der Waals surface area (Å²) in [4.78, 5) is 16.0. The first kappa shape index (κ1) is 32.3. The van der Waals surface area contributed by atoms with Gasteiger partial charge in [-0.15, -0.1) is 0 Å². The molecule has 0 radical (unpaired) electrons. The summed E-state index contributed by atoms with van der Waals surface area (Å²) in [6.07, 6.45) is 0. The van der Waals surface area contributed by atoms with Crippen LogP contribution in [-0.4, -0.2) is 15.0 Å². The molecule has 59 heavy (non-hydrogen) atoms. The first-order valence-electron chi connectivity index (χ1n) is 20.3. The van der Waals surface area contributed by atoms with Gasteiger partial charge in [-0.2, -0.15) is 0 Å². The molecular formula is C56H33N3. The highest BCUT2D eigenvalue weighted by Crippen LogP contribution is 2.63. The summed E-state index contributed by atoms with van der Waals surface area (Å²) < 4.78 is 0. The molecule has 10 aromatic carbocycles. The Morgan fingerprint density at radius 2 is 0.678 bits per heavy atom. The van der Waals surface area contributed by atoms with Gasteiger partial charge in [-0.1, -0.05) is 188 Å². The van der Waals surface area contributed by atoms with E-state index in [4.69, 9.17) is 15.0 Å². The molecule has 1 aromatic heterocycles. The fraction of sp³-hybridized carbons (Fsp3) is 0.0179. The van der Waals surface area contributed by atoms with E-state index >= 15 is 0 Å². The molecule has 0 aliphatic heterocycles. The largest absolute Gasteiger partial charge is 0.208 e. The Balaban J connectivity index is 1.08. The van der Waals surface area contributed by atoms with E-state index in [1.165, 1.54) is 82.2 Å². The van der Waals surface area contributed by atoms with Crippen molar-refractivity contribution in [3.8, 4) is 56.4 Å². The van der Waals surface area contributed by atoms with Gasteiger partial charge in [0.2, 0.25) is 0 Å². The van der Waals surface area contributed by atoms with Gasteiger partial charge >= 0.3 is 0 Å². The highest BCUT2D eigenvalue weighted by atomic mass is 15.0. The van der Waals surface area contributed by atoms with Crippen LogP contribution in [0.4, 0.5) is 0 Å². The van der Waals surface area contributed by atoms with Gasteiger partial charge in [0.1, 0.15) is 0 Å². The summed E-state index contributed by atoms with van der Waals surface area (Å²) in [5, 5.41) is 9.68. The molecule has 272 valence electrons. The van der Waals surface area contributed by atoms with E-state index < -0.39 is 5.41 Å². The third-order valence-electron chi connectivity index (χ3n) is 12.9. The van der Waals surface area contributed by atoms with Crippen LogP contribution in [0.25, 0.3) is 99.5 Å². The molecule has 13 rings (SSSR count). The zero-order chi connectivity index (χ0) is 38.7. The maximum atomic E-state index is 5.42. The van der Waals surface area contributed by atoms with E-state index in [0.29, 0.717) is 17.5 Å². The summed E-state index contributed by atoms with van der Waals surface area (Å²) in [7, 11) is 0. The molecule has 1 heterocycles. The first-order chi connectivity index (χ1) is 29.3. The van der Waals surface area contributed by atoms with Crippen LogP contribution in [-0.2, 0) is 5.41 Å². The predicted octanol–water partition coefficient (Wildman–Crippen LogP) is 13.8. The van der Waals surface area contributed by atoms with Crippen LogP contribution in [0.5, 0.6) is 0 Å². The van der Waals surface area contributed by atoms with Gasteiger partial charge in [0.15, 0.2) is 17.5 Å². The molecule has 1 spiro atoms. The maximum Gasteiger partial charge on any atom is 0.164 e. The van der Waals surface area contributed by atoms with Crippen molar-refractivity contribution in [2.45, 2.75) is 5.41 Å². The number of aromatic nitrogens is 3. The number of hydrogen-bond donors (Lipinski definition) is 0. The number of nitrogens with zero attached hydrogens (tertiary/aromatic N) is 3. The summed E-state index contributed by atoms with van der Waals surface area (Å²) in [6, 6.07) is 72.5. The number of benzene rings is 10. The molecule has 0 atom stereocenters. The molecule has 0 amide bonds. The minimum Gasteiger partial charge on any atom is -0.208 e. The third-order valence-corrected chi connectivity index (χ3v) is 12.9. The topological polar surface area (TPSA) is 38.7 Å². The Labute approximate surface area is 341 Å². The Kier molecular flexibility index (Phi) is 6.65. The Morgan fingerprint density at radius 3 is 1.31 bits per heavy atom. The van der Waals surface area contributed by atoms with Gasteiger partial charge in [-0.25, -0.2) is 15.0 Å². The summed E-state index contributed by atoms with van der Waals surface area (Å²) in [5.41, 5.74) is 12.8. The fourth-order valence-corrected chi connectivity index (χ4v) is 10.5. The smallest absolute Gasteiger partial charge is 0.164 e. The molecule has 0 saturated heterocycles. The SMILES string of the molecule is c1ccc(-c2nc(-c3ccc4c(c3)-c3ccccc3C43c4ccccc4-c4ccccc43)nc(-c3cc4c5ccccc5c5ccccc5c4c4ccccc34)n2)cc1. The van der Waals surface area contributed by atoms with Crippen LogP contribution in [0.1, 0.15) is 22.3 Å². The first-order valence-corrected chi connectivity index (χ1v) is 20.3. The van der Waals surface area contributed by atoms with Crippen molar-refractivity contribution in [3.05, 3.63) is 222 Å². The van der Waals surface area contributed by atoms with Gasteiger partial charge < -0.3 is 0 Å². The van der Waals surface area contributed by atoms with Crippen molar-refractivity contribution in [2.75, 3.05) is 0 Å². The second kappa shape index (κ2) is 12.1. The van der Waals surface area contributed by atoms with Crippen molar-refractivity contribution in [1.82, 2.24) is 15.0 Å². The van der Waals surface area contributed by atoms with E-state index in [1.54, 1.807) is 0 Å². The molecule has 2 aliphatic rings. The van der Waals surface area contributed by atoms with E-state index in [2.05, 4.69) is 182 Å². The molecule has 3 heteroatoms. The van der Waals surface area contributed by atoms with Gasteiger partial charge in [-0.3, -0.25) is 0 Å². The lowest BCUT2D eigenvalue weighted by molar-refractivity contribution is 0.794. The molecule has 0 N–H and O–H groups in total. The highest BCUT2D eigenvalue weighted by Gasteiger charge is 2.51. The Morgan fingerprint density at radius 1 is 0.254 bits per heavy atom. The molecule has 0 saturated carbocycles. The lowest BCUT2D eigenvalue weighted by Crippen LogP contribution is -2.25. The molecule has 0 unspecified atom stereocenters. The Hall–Kier alpha value is -7.75. The summed E-state index contributed by atoms with van der Waals surface area (Å²) in [5.74, 6) is 1.95. The number of hydrogen-bond acceptors (Lipinski definition) is 3. The lowest BCUT2D eigenvalue weighted by atomic mass is 9.70. The lowest BCUT2D eigenvalue weighted by Gasteiger charge is -2.30. The van der Waals surface area contributed by atoms with Gasteiger partial charge in [0, 0.05) is 16.7 Å². The highest BCUT2D eigenvalue weighted by molar-refractivity contribution is 6.32. The van der Waals surface area contributed by atoms with E-state index in [-0.39, 0.29) is 0 Å². The fourth-order valence-electron chi connectivity index (χ4n) is 10.5. The monoisotopic (exact) mass is 747 g/mol. The standard InChI is InChI=1S/C56H33N3/c1-2-16-34(17-3-1)53-57-54(35-30-31-51-45(32-35)42-24-12-15-29-50(42)56(51)48-27-13-10-22-40(48)41-23-11-14-28-49(41)56)59-55(58-53)47-33-46-38-20-5-4-18-36(38)37-19-6-8-25-43(37)52(46)44-26-9-7-21-39(44)47/h1-33H. The maximum absolute atomic E-state index is 5.42. The van der Waals surface area contributed by atoms with Gasteiger partial charge in [0.05, 0.1) is 5.41 Å². The molecule has 11 aromatic rings. The number of rotatable bonds is 3. The van der Waals surface area contributed by atoms with Gasteiger partial charge in [0.25, 0.3) is 0 Å². The van der Waals surface area contributed by atoms with E-state index in [1.807, 2.05) is 18.2 Å². The third kappa shape index (κ3) is 4.39. The summed E-state index contributed by atoms with van der Waals surface area (Å²) in [6.45, 7) is 0. The second-order valence-corrected chi connectivity index (χ2v) is 15.8. The van der Waals surface area contributed by atoms with Gasteiger partial charge in [-0.05, 0) is 99.7 Å². The number of fused-ring (bicyclic) bond motifs is 18. The average Bonchev–Trinajstić information content (AvgIpc) is 3.78. The van der Waals surface area contributed by atoms with Crippen LogP contribution in [0, 0.1) is 0 Å². The van der Waals surface area contributed by atoms with E-state index in [0.717, 1.165) is 22.1 Å². The molecule has 3 nitrogen and oxygen atoms in total. The Bertz CT molecular complexity index is 3520. The molecular weight excluding hydrogens is 715 g/mol. The van der Waals surface area contributed by atoms with Crippen molar-refractivity contribution in [1.29, 1.82) is 0 Å². The molecule has 0 bridgehead atoms. The zero-order valence-corrected chi connectivity index (χ0v) is 31.9. The molecule has 0 fully saturated rings.